The molecule has 0 atom stereocenters. The Hall–Kier alpha value is -1.90. The summed E-state index contributed by atoms with van der Waals surface area (Å²) >= 11 is 12.0. The lowest BCUT2D eigenvalue weighted by molar-refractivity contribution is 1.20. The van der Waals surface area contributed by atoms with E-state index in [0.29, 0.717) is 5.16 Å². The SMILES string of the molecule is CC/C=C(Cl)/N=C(Cl)\N=C(/C)c1ccccc1-c1ccccc1. The highest BCUT2D eigenvalue weighted by Crippen LogP contribution is 2.24. The Kier molecular flexibility index (Phi) is 6.57. The summed E-state index contributed by atoms with van der Waals surface area (Å²) in [4.78, 5) is 8.42. The maximum Gasteiger partial charge on any atom is 0.224 e. The molecule has 0 spiro atoms. The zero-order chi connectivity index (χ0) is 16.7. The van der Waals surface area contributed by atoms with E-state index in [1.165, 1.54) is 0 Å². The highest BCUT2D eigenvalue weighted by Gasteiger charge is 2.07. The van der Waals surface area contributed by atoms with Crippen molar-refractivity contribution in [2.24, 2.45) is 9.98 Å². The first kappa shape index (κ1) is 17.5. The van der Waals surface area contributed by atoms with E-state index >= 15 is 0 Å². The highest BCUT2D eigenvalue weighted by atomic mass is 35.5. The Labute approximate surface area is 147 Å². The second-order valence-electron chi connectivity index (χ2n) is 4.92. The van der Waals surface area contributed by atoms with Crippen molar-refractivity contribution in [2.75, 3.05) is 0 Å². The van der Waals surface area contributed by atoms with Gasteiger partial charge in [0.1, 0.15) is 5.16 Å². The Morgan fingerprint density at radius 2 is 1.61 bits per heavy atom. The van der Waals surface area contributed by atoms with Crippen molar-refractivity contribution in [1.82, 2.24) is 0 Å². The van der Waals surface area contributed by atoms with Crippen molar-refractivity contribution in [3.63, 3.8) is 0 Å². The largest absolute Gasteiger partial charge is 0.224 e. The molecule has 0 radical (unpaired) electrons. The quantitative estimate of drug-likeness (QED) is 0.356. The molecular weight excluding hydrogens is 327 g/mol. The molecule has 0 bridgehead atoms. The standard InChI is InChI=1S/C19H18Cl2N2/c1-3-9-18(20)23-19(21)22-14(2)16-12-7-8-13-17(16)15-10-5-4-6-11-15/h4-13H,3H2,1-2H3/b18-9+,22-14+,23-19-. The van der Waals surface area contributed by atoms with Crippen LogP contribution in [0.4, 0.5) is 0 Å². The summed E-state index contributed by atoms with van der Waals surface area (Å²) in [5.74, 6) is 0. The predicted molar refractivity (Wildman–Crippen MR) is 102 cm³/mol. The number of aliphatic imine (C=N–C) groups is 2. The van der Waals surface area contributed by atoms with Crippen molar-refractivity contribution in [2.45, 2.75) is 20.3 Å². The molecule has 23 heavy (non-hydrogen) atoms. The molecule has 0 aliphatic carbocycles. The summed E-state index contributed by atoms with van der Waals surface area (Å²) in [5, 5.41) is 0.477. The normalized spacial score (nSPS) is 13.3. The monoisotopic (exact) mass is 344 g/mol. The number of halogens is 2. The molecule has 0 unspecified atom stereocenters. The molecule has 0 saturated heterocycles. The van der Waals surface area contributed by atoms with Crippen LogP contribution in [0.2, 0.25) is 0 Å². The van der Waals surface area contributed by atoms with Crippen LogP contribution in [0.15, 0.2) is 75.8 Å². The zero-order valence-corrected chi connectivity index (χ0v) is 14.6. The smallest absolute Gasteiger partial charge is 0.223 e. The molecule has 118 valence electrons. The van der Waals surface area contributed by atoms with E-state index in [-0.39, 0.29) is 5.29 Å². The van der Waals surface area contributed by atoms with Gasteiger partial charge in [0.05, 0.1) is 0 Å². The van der Waals surface area contributed by atoms with Crippen LogP contribution in [0.25, 0.3) is 11.1 Å². The van der Waals surface area contributed by atoms with Gasteiger partial charge in [-0.15, -0.1) is 0 Å². The lowest BCUT2D eigenvalue weighted by Gasteiger charge is -2.09. The van der Waals surface area contributed by atoms with Gasteiger partial charge in [0.2, 0.25) is 5.29 Å². The maximum absolute atomic E-state index is 6.09. The number of hydrogen-bond acceptors (Lipinski definition) is 1. The van der Waals surface area contributed by atoms with Gasteiger partial charge in [0.25, 0.3) is 0 Å². The van der Waals surface area contributed by atoms with Crippen LogP contribution in [-0.4, -0.2) is 11.0 Å². The fourth-order valence-corrected chi connectivity index (χ4v) is 2.69. The van der Waals surface area contributed by atoms with Crippen molar-refractivity contribution < 1.29 is 0 Å². The first-order valence-electron chi connectivity index (χ1n) is 7.41. The van der Waals surface area contributed by atoms with Crippen molar-refractivity contribution in [3.05, 3.63) is 71.4 Å². The highest BCUT2D eigenvalue weighted by molar-refractivity contribution is 6.66. The summed E-state index contributed by atoms with van der Waals surface area (Å²) in [6.07, 6.45) is 2.58. The fraction of sp³-hybridized carbons (Fsp3) is 0.158. The number of amidine groups is 1. The van der Waals surface area contributed by atoms with Crippen LogP contribution in [-0.2, 0) is 0 Å². The van der Waals surface area contributed by atoms with Crippen LogP contribution in [0, 0.1) is 0 Å². The molecule has 4 heteroatoms. The van der Waals surface area contributed by atoms with Crippen LogP contribution in [0.3, 0.4) is 0 Å². The lowest BCUT2D eigenvalue weighted by atomic mass is 9.97. The van der Waals surface area contributed by atoms with Gasteiger partial charge in [-0.25, -0.2) is 9.98 Å². The Morgan fingerprint density at radius 3 is 2.30 bits per heavy atom. The summed E-state index contributed by atoms with van der Waals surface area (Å²) in [5.41, 5.74) is 4.05. The van der Waals surface area contributed by atoms with Gasteiger partial charge in [-0.2, -0.15) is 0 Å². The molecule has 2 aromatic carbocycles. The summed E-state index contributed by atoms with van der Waals surface area (Å²) in [7, 11) is 0. The van der Waals surface area contributed by atoms with Crippen LogP contribution < -0.4 is 0 Å². The molecule has 0 fully saturated rings. The van der Waals surface area contributed by atoms with Gasteiger partial charge in [-0.05, 0) is 42.1 Å². The molecule has 0 amide bonds. The molecule has 2 nitrogen and oxygen atoms in total. The third-order valence-electron chi connectivity index (χ3n) is 3.23. The van der Waals surface area contributed by atoms with E-state index < -0.39 is 0 Å². The van der Waals surface area contributed by atoms with Crippen molar-refractivity contribution in [1.29, 1.82) is 0 Å². The molecule has 2 aromatic rings. The first-order chi connectivity index (χ1) is 11.1. The van der Waals surface area contributed by atoms with Crippen LogP contribution in [0.5, 0.6) is 0 Å². The maximum atomic E-state index is 6.09. The van der Waals surface area contributed by atoms with Crippen molar-refractivity contribution >= 4 is 34.2 Å². The average Bonchev–Trinajstić information content (AvgIpc) is 2.55. The number of hydrogen-bond donors (Lipinski definition) is 0. The zero-order valence-electron chi connectivity index (χ0n) is 13.1. The minimum absolute atomic E-state index is 0.125. The Bertz CT molecular complexity index is 747. The van der Waals surface area contributed by atoms with Gasteiger partial charge >= 0.3 is 0 Å². The Balaban J connectivity index is 2.39. The van der Waals surface area contributed by atoms with Gasteiger partial charge in [-0.1, -0.05) is 73.1 Å². The van der Waals surface area contributed by atoms with E-state index in [9.17, 15) is 0 Å². The third-order valence-corrected chi connectivity index (χ3v) is 3.64. The van der Waals surface area contributed by atoms with E-state index in [4.69, 9.17) is 23.2 Å². The molecule has 0 aliphatic rings. The number of benzene rings is 2. The topological polar surface area (TPSA) is 24.7 Å². The molecular formula is C19H18Cl2N2. The molecule has 2 rings (SSSR count). The van der Waals surface area contributed by atoms with Crippen LogP contribution in [0.1, 0.15) is 25.8 Å². The summed E-state index contributed by atoms with van der Waals surface area (Å²) in [6, 6.07) is 18.3. The van der Waals surface area contributed by atoms with E-state index in [0.717, 1.165) is 28.8 Å². The van der Waals surface area contributed by atoms with Gasteiger partial charge in [0, 0.05) is 11.3 Å². The van der Waals surface area contributed by atoms with Gasteiger partial charge in [0.15, 0.2) is 0 Å². The number of allylic oxidation sites excluding steroid dienone is 1. The first-order valence-corrected chi connectivity index (χ1v) is 8.17. The lowest BCUT2D eigenvalue weighted by Crippen LogP contribution is -2.00. The molecule has 0 aliphatic heterocycles. The van der Waals surface area contributed by atoms with E-state index in [1.807, 2.05) is 50.2 Å². The number of rotatable bonds is 4. The second-order valence-corrected chi connectivity index (χ2v) is 5.65. The van der Waals surface area contributed by atoms with Crippen LogP contribution >= 0.6 is 23.2 Å². The number of nitrogens with zero attached hydrogens (tertiary/aromatic N) is 2. The molecule has 0 heterocycles. The predicted octanol–water partition coefficient (Wildman–Crippen LogP) is 6.25. The van der Waals surface area contributed by atoms with Gasteiger partial charge < -0.3 is 0 Å². The fourth-order valence-electron chi connectivity index (χ4n) is 2.19. The Morgan fingerprint density at radius 1 is 0.957 bits per heavy atom. The minimum Gasteiger partial charge on any atom is -0.223 e. The third kappa shape index (κ3) is 5.05. The second kappa shape index (κ2) is 8.66. The van der Waals surface area contributed by atoms with E-state index in [2.05, 4.69) is 28.2 Å². The summed E-state index contributed by atoms with van der Waals surface area (Å²) < 4.78 is 0. The molecule has 0 saturated carbocycles. The van der Waals surface area contributed by atoms with Gasteiger partial charge in [-0.3, -0.25) is 0 Å². The molecule has 0 aromatic heterocycles. The summed E-state index contributed by atoms with van der Waals surface area (Å²) in [6.45, 7) is 3.90. The van der Waals surface area contributed by atoms with Crippen molar-refractivity contribution in [3.8, 4) is 11.1 Å². The molecule has 0 N–H and O–H groups in total. The van der Waals surface area contributed by atoms with E-state index in [1.54, 1.807) is 6.08 Å². The average molecular weight is 345 g/mol. The minimum atomic E-state index is 0.125.